The van der Waals surface area contributed by atoms with Crippen LogP contribution in [0.4, 0.5) is 4.39 Å². The number of hydrogen-bond donors (Lipinski definition) is 0. The molecule has 6 rings (SSSR count). The largest absolute Gasteiger partial charge is 0.291 e. The van der Waals surface area contributed by atoms with Gasteiger partial charge in [0.05, 0.1) is 27.9 Å². The predicted molar refractivity (Wildman–Crippen MR) is 145 cm³/mol. The predicted octanol–water partition coefficient (Wildman–Crippen LogP) is 4.93. The molecule has 2 aliphatic rings. The molecule has 39 heavy (non-hydrogen) atoms. The average molecular weight is 543 g/mol. The zero-order chi connectivity index (χ0) is 27.4. The van der Waals surface area contributed by atoms with E-state index in [-0.39, 0.29) is 36.0 Å². The number of nitrogens with zero attached hydrogens (tertiary/aromatic N) is 4. The highest BCUT2D eigenvalue weighted by molar-refractivity contribution is 7.89. The van der Waals surface area contributed by atoms with Gasteiger partial charge in [-0.3, -0.25) is 9.78 Å². The van der Waals surface area contributed by atoms with Gasteiger partial charge < -0.3 is 0 Å². The molecule has 0 N–H and O–H groups in total. The van der Waals surface area contributed by atoms with Crippen molar-refractivity contribution in [2.75, 3.05) is 13.1 Å². The van der Waals surface area contributed by atoms with Crippen molar-refractivity contribution in [1.82, 2.24) is 19.1 Å². The maximum Gasteiger partial charge on any atom is 0.243 e. The molecule has 1 fully saturated rings. The zero-order valence-corrected chi connectivity index (χ0v) is 22.5. The van der Waals surface area contributed by atoms with Crippen LogP contribution in [0.1, 0.15) is 39.3 Å². The smallest absolute Gasteiger partial charge is 0.243 e. The van der Waals surface area contributed by atoms with E-state index >= 15 is 0 Å². The topological polar surface area (TPSA) is 85.2 Å². The minimum absolute atomic E-state index is 0.00463. The maximum atomic E-state index is 14.2. The van der Waals surface area contributed by atoms with Crippen molar-refractivity contribution in [3.63, 3.8) is 0 Å². The van der Waals surface area contributed by atoms with E-state index in [2.05, 4.69) is 10.1 Å². The van der Waals surface area contributed by atoms with Gasteiger partial charge in [0.25, 0.3) is 0 Å². The second kappa shape index (κ2) is 9.36. The van der Waals surface area contributed by atoms with E-state index in [1.165, 1.54) is 16.4 Å². The average Bonchev–Trinajstić information content (AvgIpc) is 3.35. The summed E-state index contributed by atoms with van der Waals surface area (Å²) in [5.74, 6) is -0.551. The van der Waals surface area contributed by atoms with Gasteiger partial charge in [0.1, 0.15) is 11.5 Å². The van der Waals surface area contributed by atoms with Crippen LogP contribution in [0.15, 0.2) is 83.5 Å². The number of carbonyl (C=O) groups excluding carboxylic acids is 1. The molecule has 0 amide bonds. The lowest BCUT2D eigenvalue weighted by atomic mass is 9.65. The lowest BCUT2D eigenvalue weighted by Crippen LogP contribution is -2.53. The third-order valence-electron chi connectivity index (χ3n) is 7.90. The number of benzene rings is 2. The Kier molecular flexibility index (Phi) is 6.08. The Labute approximate surface area is 226 Å². The molecule has 2 aromatic heterocycles. The highest BCUT2D eigenvalue weighted by atomic mass is 32.2. The summed E-state index contributed by atoms with van der Waals surface area (Å²) in [5.41, 5.74) is 4.26. The fourth-order valence-electron chi connectivity index (χ4n) is 5.57. The summed E-state index contributed by atoms with van der Waals surface area (Å²) >= 11 is 0. The fraction of sp³-hybridized carbons (Fsp3) is 0.233. The first kappa shape index (κ1) is 25.3. The van der Waals surface area contributed by atoms with E-state index in [0.29, 0.717) is 17.8 Å². The molecule has 198 valence electrons. The van der Waals surface area contributed by atoms with Crippen LogP contribution in [0, 0.1) is 25.1 Å². The Morgan fingerprint density at radius 3 is 2.54 bits per heavy atom. The molecular formula is C30H27FN4O3S. The van der Waals surface area contributed by atoms with Gasteiger partial charge in [-0.1, -0.05) is 17.7 Å². The van der Waals surface area contributed by atoms with E-state index < -0.39 is 15.4 Å². The molecule has 0 spiro atoms. The monoisotopic (exact) mass is 542 g/mol. The summed E-state index contributed by atoms with van der Waals surface area (Å²) in [6, 6.07) is 16.4. The van der Waals surface area contributed by atoms with Crippen molar-refractivity contribution in [1.29, 1.82) is 0 Å². The van der Waals surface area contributed by atoms with E-state index in [9.17, 15) is 17.6 Å². The molecular weight excluding hydrogens is 515 g/mol. The number of halogens is 1. The highest BCUT2D eigenvalue weighted by Gasteiger charge is 2.51. The van der Waals surface area contributed by atoms with Crippen LogP contribution in [0.5, 0.6) is 0 Å². The van der Waals surface area contributed by atoms with Crippen molar-refractivity contribution >= 4 is 21.9 Å². The molecule has 3 heterocycles. The van der Waals surface area contributed by atoms with Gasteiger partial charge in [-0.2, -0.15) is 9.40 Å². The normalized spacial score (nSPS) is 19.2. The number of fused-ring (bicyclic) bond motifs is 2. The third-order valence-corrected chi connectivity index (χ3v) is 9.74. The summed E-state index contributed by atoms with van der Waals surface area (Å²) in [6.07, 6.45) is 5.90. The number of ketones is 1. The van der Waals surface area contributed by atoms with Gasteiger partial charge in [-0.25, -0.2) is 17.5 Å². The van der Waals surface area contributed by atoms with Crippen molar-refractivity contribution < 1.29 is 17.6 Å². The lowest BCUT2D eigenvalue weighted by Gasteiger charge is -2.44. The Bertz CT molecular complexity index is 1730. The molecule has 7 nitrogen and oxygen atoms in total. The fourth-order valence-corrected chi connectivity index (χ4v) is 7.16. The van der Waals surface area contributed by atoms with E-state index in [1.807, 2.05) is 26.0 Å². The minimum Gasteiger partial charge on any atom is -0.291 e. The van der Waals surface area contributed by atoms with E-state index in [4.69, 9.17) is 0 Å². The first-order chi connectivity index (χ1) is 18.7. The number of Topliss-reactive ketones (excluding diaryl/α,β-unsaturated/α-hetero) is 1. The van der Waals surface area contributed by atoms with Crippen LogP contribution in [-0.2, 0) is 16.4 Å². The van der Waals surface area contributed by atoms with Crippen molar-refractivity contribution in [3.8, 4) is 5.69 Å². The Balaban J connectivity index is 1.45. The van der Waals surface area contributed by atoms with Crippen LogP contribution in [0.2, 0.25) is 0 Å². The quantitative estimate of drug-likeness (QED) is 0.334. The molecule has 9 heteroatoms. The van der Waals surface area contributed by atoms with Crippen LogP contribution in [0.3, 0.4) is 0 Å². The molecule has 1 saturated heterocycles. The van der Waals surface area contributed by atoms with Crippen LogP contribution < -0.4 is 0 Å². The lowest BCUT2D eigenvalue weighted by molar-refractivity contribution is 0.0770. The summed E-state index contributed by atoms with van der Waals surface area (Å²) in [7, 11) is -3.85. The molecule has 0 bridgehead atoms. The standard InChI is InChI=1S/C30H27FN4O3S/c1-20-6-11-26(15-21(20)2)39(37,38)34-14-12-23-16-28-22(18-33-35(28)25-9-7-24(31)8-10-25)17-30(23,19-34)29(36)27-5-3-4-13-32-27/h3-11,13,15-16,18H,12,14,17,19H2,1-2H3/t30-/m0/s1. The van der Waals surface area contributed by atoms with Gasteiger partial charge in [-0.15, -0.1) is 0 Å². The highest BCUT2D eigenvalue weighted by Crippen LogP contribution is 2.47. The van der Waals surface area contributed by atoms with Gasteiger partial charge in [0, 0.05) is 19.3 Å². The van der Waals surface area contributed by atoms with Gasteiger partial charge in [-0.05, 0) is 98.0 Å². The molecule has 1 atom stereocenters. The number of sulfonamides is 1. The van der Waals surface area contributed by atoms with Gasteiger partial charge in [0.2, 0.25) is 10.0 Å². The van der Waals surface area contributed by atoms with Gasteiger partial charge in [0.15, 0.2) is 5.78 Å². The second-order valence-corrected chi connectivity index (χ2v) is 12.2. The molecule has 2 aromatic carbocycles. The van der Waals surface area contributed by atoms with Crippen LogP contribution in [0.25, 0.3) is 11.8 Å². The maximum absolute atomic E-state index is 14.2. The SMILES string of the molecule is Cc1ccc(S(=O)(=O)N2CCC3=Cc4c(cnn4-c4ccc(F)cc4)C[C@]3(C(=O)c3ccccn3)C2)cc1C. The molecule has 0 unspecified atom stereocenters. The Hall–Kier alpha value is -3.95. The first-order valence-corrected chi connectivity index (χ1v) is 14.2. The van der Waals surface area contributed by atoms with Crippen LogP contribution >= 0.6 is 0 Å². The molecule has 4 aromatic rings. The van der Waals surface area contributed by atoms with Crippen LogP contribution in [-0.4, -0.2) is 46.4 Å². The summed E-state index contributed by atoms with van der Waals surface area (Å²) in [5, 5.41) is 4.54. The Morgan fingerprint density at radius 1 is 1.03 bits per heavy atom. The zero-order valence-electron chi connectivity index (χ0n) is 21.6. The van der Waals surface area contributed by atoms with E-state index in [1.54, 1.807) is 59.5 Å². The number of hydrogen-bond acceptors (Lipinski definition) is 5. The third kappa shape index (κ3) is 4.22. The Morgan fingerprint density at radius 2 is 1.82 bits per heavy atom. The number of rotatable bonds is 5. The summed E-state index contributed by atoms with van der Waals surface area (Å²) in [6.45, 7) is 4.08. The molecule has 1 aliphatic heterocycles. The summed E-state index contributed by atoms with van der Waals surface area (Å²) in [4.78, 5) is 18.7. The summed E-state index contributed by atoms with van der Waals surface area (Å²) < 4.78 is 44.4. The number of carbonyl (C=O) groups is 1. The number of piperidine rings is 1. The van der Waals surface area contributed by atoms with Gasteiger partial charge >= 0.3 is 0 Å². The molecule has 1 aliphatic carbocycles. The first-order valence-electron chi connectivity index (χ1n) is 12.8. The second-order valence-electron chi connectivity index (χ2n) is 10.3. The van der Waals surface area contributed by atoms with Crippen molar-refractivity contribution in [3.05, 3.63) is 113 Å². The van der Waals surface area contributed by atoms with Crippen molar-refractivity contribution in [2.45, 2.75) is 31.6 Å². The van der Waals surface area contributed by atoms with E-state index in [0.717, 1.165) is 28.0 Å². The number of aryl methyl sites for hydroxylation is 2. The molecule has 0 radical (unpaired) electrons. The number of aromatic nitrogens is 3. The van der Waals surface area contributed by atoms with Crippen molar-refractivity contribution in [2.24, 2.45) is 5.41 Å². The molecule has 0 saturated carbocycles. The minimum atomic E-state index is -3.85. The number of pyridine rings is 1.